The molecule has 4 unspecified atom stereocenters. The molecule has 1 aromatic carbocycles. The van der Waals surface area contributed by atoms with Crippen LogP contribution >= 0.6 is 0 Å². The molecule has 0 saturated heterocycles. The summed E-state index contributed by atoms with van der Waals surface area (Å²) in [5.74, 6) is -2.70. The van der Waals surface area contributed by atoms with E-state index in [2.05, 4.69) is 11.1 Å². The zero-order chi connectivity index (χ0) is 17.9. The van der Waals surface area contributed by atoms with Crippen molar-refractivity contribution in [3.8, 4) is 6.07 Å². The Kier molecular flexibility index (Phi) is 5.35. The molecule has 0 fully saturated rings. The quantitative estimate of drug-likeness (QED) is 0.793. The molecule has 6 heteroatoms. The third-order valence-corrected chi connectivity index (χ3v) is 4.45. The molecule has 1 aliphatic heterocycles. The van der Waals surface area contributed by atoms with Gasteiger partial charge in [0.05, 0.1) is 37.8 Å². The summed E-state index contributed by atoms with van der Waals surface area (Å²) in [6.07, 6.45) is 0. The second-order valence-electron chi connectivity index (χ2n) is 5.82. The van der Waals surface area contributed by atoms with Crippen molar-refractivity contribution >= 4 is 17.7 Å². The van der Waals surface area contributed by atoms with E-state index >= 15 is 0 Å². The molecule has 1 aliphatic rings. The van der Waals surface area contributed by atoms with Gasteiger partial charge in [0.15, 0.2) is 0 Å². The summed E-state index contributed by atoms with van der Waals surface area (Å²) < 4.78 is 9.87. The Morgan fingerprint density at radius 2 is 1.88 bits per heavy atom. The van der Waals surface area contributed by atoms with Gasteiger partial charge < -0.3 is 9.47 Å². The van der Waals surface area contributed by atoms with E-state index in [1.54, 1.807) is 25.1 Å². The lowest BCUT2D eigenvalue weighted by molar-refractivity contribution is -0.150. The van der Waals surface area contributed by atoms with Crippen LogP contribution in [0.4, 0.5) is 0 Å². The Bertz CT molecular complexity index is 720. The molecular formula is C18H20N2O4. The molecule has 6 nitrogen and oxygen atoms in total. The number of nitriles is 1. The molecular weight excluding hydrogens is 308 g/mol. The predicted octanol–water partition coefficient (Wildman–Crippen LogP) is 2.08. The second kappa shape index (κ2) is 7.26. The van der Waals surface area contributed by atoms with Crippen molar-refractivity contribution in [2.75, 3.05) is 14.2 Å². The maximum atomic E-state index is 12.4. The van der Waals surface area contributed by atoms with Gasteiger partial charge in [0.25, 0.3) is 0 Å². The van der Waals surface area contributed by atoms with Crippen LogP contribution < -0.4 is 0 Å². The summed E-state index contributed by atoms with van der Waals surface area (Å²) in [6.45, 7) is 3.58. The van der Waals surface area contributed by atoms with Crippen molar-refractivity contribution in [2.45, 2.75) is 25.8 Å². The number of rotatable bonds is 3. The highest BCUT2D eigenvalue weighted by Crippen LogP contribution is 2.41. The minimum absolute atomic E-state index is 0.339. The lowest BCUT2D eigenvalue weighted by Gasteiger charge is -2.37. The average molecular weight is 328 g/mol. The normalized spacial score (nSPS) is 26.0. The molecule has 0 N–H and O–H groups in total. The van der Waals surface area contributed by atoms with Crippen molar-refractivity contribution in [1.29, 1.82) is 5.26 Å². The van der Waals surface area contributed by atoms with E-state index in [-0.39, 0.29) is 6.04 Å². The van der Waals surface area contributed by atoms with E-state index in [1.165, 1.54) is 14.2 Å². The minimum Gasteiger partial charge on any atom is -0.469 e. The van der Waals surface area contributed by atoms with Crippen LogP contribution in [0, 0.1) is 23.2 Å². The van der Waals surface area contributed by atoms with Gasteiger partial charge in [-0.3, -0.25) is 14.6 Å². The van der Waals surface area contributed by atoms with Crippen LogP contribution in [0.15, 0.2) is 29.3 Å². The third kappa shape index (κ3) is 3.16. The molecule has 0 aliphatic carbocycles. The van der Waals surface area contributed by atoms with Crippen LogP contribution in [0.3, 0.4) is 0 Å². The van der Waals surface area contributed by atoms with Gasteiger partial charge in [-0.1, -0.05) is 12.1 Å². The molecule has 1 heterocycles. The van der Waals surface area contributed by atoms with E-state index in [1.807, 2.05) is 13.0 Å². The van der Waals surface area contributed by atoms with Crippen LogP contribution in [0.25, 0.3) is 0 Å². The zero-order valence-corrected chi connectivity index (χ0v) is 14.1. The molecule has 126 valence electrons. The van der Waals surface area contributed by atoms with Crippen LogP contribution in [0.2, 0.25) is 0 Å². The number of hydrogen-bond acceptors (Lipinski definition) is 6. The minimum atomic E-state index is -0.691. The Morgan fingerprint density at radius 3 is 2.46 bits per heavy atom. The van der Waals surface area contributed by atoms with Crippen LogP contribution in [0.5, 0.6) is 0 Å². The van der Waals surface area contributed by atoms with Gasteiger partial charge in [-0.2, -0.15) is 5.26 Å². The molecule has 0 saturated carbocycles. The Morgan fingerprint density at radius 1 is 1.21 bits per heavy atom. The summed E-state index contributed by atoms with van der Waals surface area (Å²) in [4.78, 5) is 29.2. The van der Waals surface area contributed by atoms with Crippen LogP contribution in [-0.2, 0) is 19.1 Å². The van der Waals surface area contributed by atoms with Crippen molar-refractivity contribution < 1.29 is 19.1 Å². The summed E-state index contributed by atoms with van der Waals surface area (Å²) in [5.41, 5.74) is 1.80. The fraction of sp³-hybridized carbons (Fsp3) is 0.444. The van der Waals surface area contributed by atoms with Gasteiger partial charge in [0, 0.05) is 11.6 Å². The van der Waals surface area contributed by atoms with Gasteiger partial charge >= 0.3 is 11.9 Å². The lowest BCUT2D eigenvalue weighted by atomic mass is 9.70. The molecule has 24 heavy (non-hydrogen) atoms. The molecule has 0 amide bonds. The number of benzene rings is 1. The highest BCUT2D eigenvalue weighted by atomic mass is 16.5. The van der Waals surface area contributed by atoms with E-state index in [0.29, 0.717) is 11.3 Å². The molecule has 0 aromatic heterocycles. The van der Waals surface area contributed by atoms with Crippen molar-refractivity contribution in [3.63, 3.8) is 0 Å². The highest BCUT2D eigenvalue weighted by molar-refractivity contribution is 6.03. The van der Waals surface area contributed by atoms with Crippen LogP contribution in [0.1, 0.15) is 30.9 Å². The van der Waals surface area contributed by atoms with Gasteiger partial charge in [-0.15, -0.1) is 0 Å². The van der Waals surface area contributed by atoms with E-state index < -0.39 is 29.7 Å². The fourth-order valence-electron chi connectivity index (χ4n) is 3.39. The van der Waals surface area contributed by atoms with Gasteiger partial charge in [-0.05, 0) is 31.5 Å². The third-order valence-electron chi connectivity index (χ3n) is 4.45. The van der Waals surface area contributed by atoms with Crippen LogP contribution in [-0.4, -0.2) is 37.9 Å². The first kappa shape index (κ1) is 17.7. The number of carbonyl (C=O) groups excluding carboxylic acids is 2. The molecule has 1 aromatic rings. The molecule has 2 rings (SSSR count). The molecule has 0 bridgehead atoms. The maximum Gasteiger partial charge on any atom is 0.315 e. The second-order valence-corrected chi connectivity index (χ2v) is 5.82. The lowest BCUT2D eigenvalue weighted by Crippen LogP contribution is -2.45. The topological polar surface area (TPSA) is 88.8 Å². The maximum absolute atomic E-state index is 12.4. The van der Waals surface area contributed by atoms with Gasteiger partial charge in [0.2, 0.25) is 0 Å². The number of ether oxygens (including phenoxy) is 2. The number of carbonyl (C=O) groups is 2. The summed E-state index contributed by atoms with van der Waals surface area (Å²) in [5, 5.41) is 9.15. The first-order valence-corrected chi connectivity index (χ1v) is 7.64. The number of esters is 2. The van der Waals surface area contributed by atoms with Gasteiger partial charge in [0.1, 0.15) is 5.92 Å². The number of nitrogens with zero attached hydrogens (tertiary/aromatic N) is 2. The first-order chi connectivity index (χ1) is 11.4. The summed E-state index contributed by atoms with van der Waals surface area (Å²) in [7, 11) is 2.62. The predicted molar refractivity (Wildman–Crippen MR) is 87.5 cm³/mol. The Hall–Kier alpha value is -2.68. The monoisotopic (exact) mass is 328 g/mol. The largest absolute Gasteiger partial charge is 0.469 e. The van der Waals surface area contributed by atoms with Gasteiger partial charge in [-0.25, -0.2) is 0 Å². The Labute approximate surface area is 141 Å². The van der Waals surface area contributed by atoms with E-state index in [4.69, 9.17) is 14.7 Å². The van der Waals surface area contributed by atoms with Crippen molar-refractivity contribution in [1.82, 2.24) is 0 Å². The average Bonchev–Trinajstić information content (AvgIpc) is 2.59. The standard InChI is InChI=1S/C18H20N2O4/c1-10-14(17(21)23-3)16(13-7-5-6-12(8-13)9-19)15(11(2)20-10)18(22)24-4/h5-8,10,14-16H,1-4H3. The van der Waals surface area contributed by atoms with Crippen molar-refractivity contribution in [2.24, 2.45) is 16.8 Å². The fourth-order valence-corrected chi connectivity index (χ4v) is 3.39. The highest BCUT2D eigenvalue weighted by Gasteiger charge is 2.47. The van der Waals surface area contributed by atoms with E-state index in [9.17, 15) is 9.59 Å². The molecule has 0 spiro atoms. The smallest absolute Gasteiger partial charge is 0.315 e. The van der Waals surface area contributed by atoms with Crippen molar-refractivity contribution in [3.05, 3.63) is 35.4 Å². The SMILES string of the molecule is COC(=O)C1C(C)=NC(C)C(C(=O)OC)C1c1cccc(C#N)c1. The number of methoxy groups -OCH3 is 2. The summed E-state index contributed by atoms with van der Waals surface area (Å²) in [6, 6.07) is 8.66. The van der Waals surface area contributed by atoms with E-state index in [0.717, 1.165) is 5.56 Å². The zero-order valence-electron chi connectivity index (χ0n) is 14.1. The Balaban J connectivity index is 2.64. The molecule has 4 atom stereocenters. The summed E-state index contributed by atoms with van der Waals surface area (Å²) >= 11 is 0. The first-order valence-electron chi connectivity index (χ1n) is 7.64. The number of aliphatic imine (C=N–C) groups is 1. The molecule has 0 radical (unpaired) electrons. The number of hydrogen-bond donors (Lipinski definition) is 0.